The van der Waals surface area contributed by atoms with Crippen molar-refractivity contribution < 1.29 is 8.78 Å². The lowest BCUT2D eigenvalue weighted by molar-refractivity contribution is 0.200. The Morgan fingerprint density at radius 3 is 2.24 bits per heavy atom. The van der Waals surface area contributed by atoms with E-state index >= 15 is 0 Å². The van der Waals surface area contributed by atoms with Crippen LogP contribution in [0.2, 0.25) is 0 Å². The van der Waals surface area contributed by atoms with Crippen molar-refractivity contribution in [1.82, 2.24) is 9.88 Å². The summed E-state index contributed by atoms with van der Waals surface area (Å²) in [6.07, 6.45) is 5.66. The maximum absolute atomic E-state index is 13.7. The topological polar surface area (TPSA) is 16.1 Å². The standard InChI is InChI=1S/C17H18F2N2/c18-16-2-1-3-17(19)15(16)12-21-10-6-14(7-11-21)13-4-8-20-9-5-13/h1-5,8-9,14H,6-7,10-12H2. The van der Waals surface area contributed by atoms with Crippen LogP contribution in [0.1, 0.15) is 29.9 Å². The molecule has 21 heavy (non-hydrogen) atoms. The fraction of sp³-hybridized carbons (Fsp3) is 0.353. The van der Waals surface area contributed by atoms with Gasteiger partial charge in [-0.2, -0.15) is 0 Å². The number of nitrogens with zero attached hydrogens (tertiary/aromatic N) is 2. The Balaban J connectivity index is 1.62. The predicted octanol–water partition coefficient (Wildman–Crippen LogP) is 3.74. The lowest BCUT2D eigenvalue weighted by Gasteiger charge is -2.32. The van der Waals surface area contributed by atoms with Crippen molar-refractivity contribution in [3.8, 4) is 0 Å². The van der Waals surface area contributed by atoms with Gasteiger partial charge in [0.25, 0.3) is 0 Å². The highest BCUT2D eigenvalue weighted by molar-refractivity contribution is 5.20. The fourth-order valence-corrected chi connectivity index (χ4v) is 2.97. The molecule has 0 atom stereocenters. The minimum Gasteiger partial charge on any atom is -0.299 e. The van der Waals surface area contributed by atoms with Gasteiger partial charge in [-0.05, 0) is 61.7 Å². The highest BCUT2D eigenvalue weighted by Gasteiger charge is 2.22. The first-order valence-electron chi connectivity index (χ1n) is 7.29. The number of hydrogen-bond donors (Lipinski definition) is 0. The van der Waals surface area contributed by atoms with E-state index in [-0.39, 0.29) is 5.56 Å². The number of pyridine rings is 1. The molecule has 1 saturated heterocycles. The molecule has 4 heteroatoms. The molecule has 1 aliphatic heterocycles. The molecule has 0 N–H and O–H groups in total. The van der Waals surface area contributed by atoms with E-state index in [1.807, 2.05) is 12.4 Å². The van der Waals surface area contributed by atoms with Crippen LogP contribution in [0, 0.1) is 11.6 Å². The summed E-state index contributed by atoms with van der Waals surface area (Å²) in [5.74, 6) is -0.382. The molecule has 110 valence electrons. The summed E-state index contributed by atoms with van der Waals surface area (Å²) < 4.78 is 27.3. The predicted molar refractivity (Wildman–Crippen MR) is 77.8 cm³/mol. The van der Waals surface area contributed by atoms with E-state index in [1.165, 1.54) is 23.8 Å². The normalized spacial score (nSPS) is 17.0. The monoisotopic (exact) mass is 288 g/mol. The number of halogens is 2. The number of piperidine rings is 1. The van der Waals surface area contributed by atoms with Gasteiger partial charge < -0.3 is 0 Å². The first kappa shape index (κ1) is 14.1. The molecule has 1 aromatic heterocycles. The van der Waals surface area contributed by atoms with Crippen LogP contribution in [0.15, 0.2) is 42.7 Å². The Bertz CT molecular complexity index is 573. The van der Waals surface area contributed by atoms with Crippen LogP contribution in [0.3, 0.4) is 0 Å². The lowest BCUT2D eigenvalue weighted by atomic mass is 9.90. The van der Waals surface area contributed by atoms with Crippen LogP contribution in [-0.4, -0.2) is 23.0 Å². The maximum atomic E-state index is 13.7. The largest absolute Gasteiger partial charge is 0.299 e. The molecule has 1 aromatic carbocycles. The summed E-state index contributed by atoms with van der Waals surface area (Å²) in [7, 11) is 0. The number of likely N-dealkylation sites (tertiary alicyclic amines) is 1. The molecule has 0 unspecified atom stereocenters. The summed E-state index contributed by atoms with van der Waals surface area (Å²) in [5, 5.41) is 0. The van der Waals surface area contributed by atoms with Crippen LogP contribution in [-0.2, 0) is 6.54 Å². The number of aromatic nitrogens is 1. The Labute approximate surface area is 123 Å². The first-order chi connectivity index (χ1) is 10.2. The summed E-state index contributed by atoms with van der Waals surface area (Å²) in [6.45, 7) is 2.07. The summed E-state index contributed by atoms with van der Waals surface area (Å²) in [6, 6.07) is 8.15. The second-order valence-electron chi connectivity index (χ2n) is 5.53. The van der Waals surface area contributed by atoms with Gasteiger partial charge in [0.05, 0.1) is 0 Å². The third-order valence-electron chi connectivity index (χ3n) is 4.21. The van der Waals surface area contributed by atoms with Crippen LogP contribution < -0.4 is 0 Å². The van der Waals surface area contributed by atoms with Crippen molar-refractivity contribution in [2.75, 3.05) is 13.1 Å². The Morgan fingerprint density at radius 1 is 1.00 bits per heavy atom. The van der Waals surface area contributed by atoms with E-state index in [4.69, 9.17) is 0 Å². The third-order valence-corrected chi connectivity index (χ3v) is 4.21. The molecule has 2 heterocycles. The van der Waals surface area contributed by atoms with Gasteiger partial charge in [0.2, 0.25) is 0 Å². The van der Waals surface area contributed by atoms with Crippen molar-refractivity contribution in [3.05, 3.63) is 65.5 Å². The van der Waals surface area contributed by atoms with Gasteiger partial charge >= 0.3 is 0 Å². The van der Waals surface area contributed by atoms with Crippen molar-refractivity contribution >= 4 is 0 Å². The summed E-state index contributed by atoms with van der Waals surface area (Å²) in [5.41, 5.74) is 1.49. The molecule has 0 bridgehead atoms. The average molecular weight is 288 g/mol. The molecule has 3 rings (SSSR count). The fourth-order valence-electron chi connectivity index (χ4n) is 2.97. The van der Waals surface area contributed by atoms with E-state index in [0.717, 1.165) is 25.9 Å². The molecule has 0 radical (unpaired) electrons. The smallest absolute Gasteiger partial charge is 0.130 e. The van der Waals surface area contributed by atoms with Crippen LogP contribution >= 0.6 is 0 Å². The van der Waals surface area contributed by atoms with E-state index in [1.54, 1.807) is 0 Å². The highest BCUT2D eigenvalue weighted by Crippen LogP contribution is 2.28. The number of benzene rings is 1. The second-order valence-corrected chi connectivity index (χ2v) is 5.53. The van der Waals surface area contributed by atoms with Gasteiger partial charge in [-0.1, -0.05) is 6.07 Å². The van der Waals surface area contributed by atoms with Gasteiger partial charge in [-0.15, -0.1) is 0 Å². The molecule has 2 nitrogen and oxygen atoms in total. The van der Waals surface area contributed by atoms with Crippen molar-refractivity contribution in [2.45, 2.75) is 25.3 Å². The number of hydrogen-bond acceptors (Lipinski definition) is 2. The molecular formula is C17H18F2N2. The Hall–Kier alpha value is -1.81. The van der Waals surface area contributed by atoms with Gasteiger partial charge in [-0.25, -0.2) is 8.78 Å². The zero-order valence-electron chi connectivity index (χ0n) is 11.8. The molecule has 2 aromatic rings. The third kappa shape index (κ3) is 3.27. The zero-order valence-corrected chi connectivity index (χ0v) is 11.8. The van der Waals surface area contributed by atoms with Gasteiger partial charge in [0.1, 0.15) is 11.6 Å². The maximum Gasteiger partial charge on any atom is 0.130 e. The summed E-state index contributed by atoms with van der Waals surface area (Å²) >= 11 is 0. The Kier molecular flexibility index (Phi) is 4.25. The first-order valence-corrected chi connectivity index (χ1v) is 7.29. The van der Waals surface area contributed by atoms with Crippen molar-refractivity contribution in [3.63, 3.8) is 0 Å². The van der Waals surface area contributed by atoms with E-state index in [9.17, 15) is 8.78 Å². The zero-order chi connectivity index (χ0) is 14.7. The average Bonchev–Trinajstić information content (AvgIpc) is 2.53. The van der Waals surface area contributed by atoms with E-state index in [2.05, 4.69) is 22.0 Å². The van der Waals surface area contributed by atoms with Gasteiger partial charge in [0, 0.05) is 24.5 Å². The molecule has 0 spiro atoms. The SMILES string of the molecule is Fc1cccc(F)c1CN1CCC(c2ccncc2)CC1. The molecule has 0 aliphatic carbocycles. The van der Waals surface area contributed by atoms with Crippen molar-refractivity contribution in [1.29, 1.82) is 0 Å². The van der Waals surface area contributed by atoms with E-state index < -0.39 is 11.6 Å². The van der Waals surface area contributed by atoms with Crippen molar-refractivity contribution in [2.24, 2.45) is 0 Å². The minimum atomic E-state index is -0.453. The molecule has 1 aliphatic rings. The van der Waals surface area contributed by atoms with Gasteiger partial charge in [0.15, 0.2) is 0 Å². The molecular weight excluding hydrogens is 270 g/mol. The van der Waals surface area contributed by atoms with Crippen LogP contribution in [0.5, 0.6) is 0 Å². The van der Waals surface area contributed by atoms with Crippen LogP contribution in [0.4, 0.5) is 8.78 Å². The molecule has 0 amide bonds. The molecule has 1 fully saturated rings. The van der Waals surface area contributed by atoms with Crippen LogP contribution in [0.25, 0.3) is 0 Å². The summed E-state index contributed by atoms with van der Waals surface area (Å²) in [4.78, 5) is 6.16. The Morgan fingerprint density at radius 2 is 1.62 bits per heavy atom. The lowest BCUT2D eigenvalue weighted by Crippen LogP contribution is -2.33. The quantitative estimate of drug-likeness (QED) is 0.855. The number of rotatable bonds is 3. The second kappa shape index (κ2) is 6.31. The van der Waals surface area contributed by atoms with Gasteiger partial charge in [-0.3, -0.25) is 9.88 Å². The molecule has 0 saturated carbocycles. The van der Waals surface area contributed by atoms with E-state index in [0.29, 0.717) is 12.5 Å². The minimum absolute atomic E-state index is 0.180. The highest BCUT2D eigenvalue weighted by atomic mass is 19.1.